The topological polar surface area (TPSA) is 103 Å². The highest BCUT2D eigenvalue weighted by molar-refractivity contribution is 7.18. The van der Waals surface area contributed by atoms with E-state index in [1.165, 1.54) is 37.1 Å². The Hall–Kier alpha value is -2.22. The van der Waals surface area contributed by atoms with Crippen molar-refractivity contribution in [2.45, 2.75) is 46.1 Å². The summed E-state index contributed by atoms with van der Waals surface area (Å²) in [7, 11) is 1.46. The van der Waals surface area contributed by atoms with Crippen molar-refractivity contribution in [3.8, 4) is 0 Å². The molecule has 0 aliphatic carbocycles. The molecule has 0 atom stereocenters. The maximum Gasteiger partial charge on any atom is 0.329 e. The van der Waals surface area contributed by atoms with E-state index in [0.717, 1.165) is 10.4 Å². The highest BCUT2D eigenvalue weighted by Crippen LogP contribution is 2.25. The van der Waals surface area contributed by atoms with Gasteiger partial charge in [0.1, 0.15) is 16.2 Å². The smallest absolute Gasteiger partial charge is 0.329 e. The number of fused-ring (bicyclic) bond motifs is 1. The third-order valence-corrected chi connectivity index (χ3v) is 5.50. The molecule has 0 aliphatic rings. The zero-order chi connectivity index (χ0) is 18.2. The normalized spacial score (nSPS) is 11.7. The standard InChI is InChI=1S/C16H21N3O4S/c1-8-9(2)24-14-12(8)13(21)17-10(18-14)6-7-11(20)19(5)16(3,4)15(22)23/h6-7H2,1-5H3,(H,22,23)(H,17,18,21). The maximum atomic E-state index is 12.2. The zero-order valence-corrected chi connectivity index (χ0v) is 15.2. The Morgan fingerprint density at radius 1 is 1.33 bits per heavy atom. The summed E-state index contributed by atoms with van der Waals surface area (Å²) in [6, 6.07) is 0. The van der Waals surface area contributed by atoms with Gasteiger partial charge in [0.25, 0.3) is 5.56 Å². The summed E-state index contributed by atoms with van der Waals surface area (Å²) in [6.45, 7) is 6.76. The molecule has 2 heterocycles. The van der Waals surface area contributed by atoms with Crippen LogP contribution < -0.4 is 5.56 Å². The summed E-state index contributed by atoms with van der Waals surface area (Å²) in [4.78, 5) is 45.7. The average molecular weight is 351 g/mol. The molecular weight excluding hydrogens is 330 g/mol. The minimum atomic E-state index is -1.29. The lowest BCUT2D eigenvalue weighted by Crippen LogP contribution is -2.50. The van der Waals surface area contributed by atoms with Gasteiger partial charge >= 0.3 is 5.97 Å². The molecule has 0 unspecified atom stereocenters. The first-order valence-electron chi connectivity index (χ1n) is 7.54. The summed E-state index contributed by atoms with van der Waals surface area (Å²) in [5, 5.41) is 9.77. The number of amides is 1. The number of nitrogens with one attached hydrogen (secondary N) is 1. The van der Waals surface area contributed by atoms with Crippen LogP contribution in [0.5, 0.6) is 0 Å². The number of thiophene rings is 1. The maximum absolute atomic E-state index is 12.2. The molecule has 0 spiro atoms. The van der Waals surface area contributed by atoms with Crippen molar-refractivity contribution < 1.29 is 14.7 Å². The summed E-state index contributed by atoms with van der Waals surface area (Å²) in [5.41, 5.74) is -0.568. The van der Waals surface area contributed by atoms with Gasteiger partial charge in [0.05, 0.1) is 5.39 Å². The Balaban J connectivity index is 2.18. The lowest BCUT2D eigenvalue weighted by molar-refractivity contribution is -0.155. The van der Waals surface area contributed by atoms with E-state index >= 15 is 0 Å². The molecule has 2 N–H and O–H groups in total. The highest BCUT2D eigenvalue weighted by Gasteiger charge is 2.34. The van der Waals surface area contributed by atoms with Gasteiger partial charge in [-0.2, -0.15) is 0 Å². The molecule has 0 saturated heterocycles. The minimum Gasteiger partial charge on any atom is -0.480 e. The minimum absolute atomic E-state index is 0.0744. The number of rotatable bonds is 5. The number of carbonyl (C=O) groups is 2. The monoisotopic (exact) mass is 351 g/mol. The number of aromatic nitrogens is 2. The van der Waals surface area contributed by atoms with E-state index in [1.807, 2.05) is 13.8 Å². The van der Waals surface area contributed by atoms with Crippen LogP contribution in [0.2, 0.25) is 0 Å². The number of hydrogen-bond acceptors (Lipinski definition) is 5. The third-order valence-electron chi connectivity index (χ3n) is 4.40. The van der Waals surface area contributed by atoms with Crippen molar-refractivity contribution in [1.82, 2.24) is 14.9 Å². The number of aromatic amines is 1. The molecule has 1 amide bonds. The highest BCUT2D eigenvalue weighted by atomic mass is 32.1. The molecule has 0 aromatic carbocycles. The second-order valence-electron chi connectivity index (χ2n) is 6.29. The number of carboxylic acids is 1. The fraction of sp³-hybridized carbons (Fsp3) is 0.500. The molecule has 0 radical (unpaired) electrons. The van der Waals surface area contributed by atoms with Crippen molar-refractivity contribution in [2.75, 3.05) is 7.05 Å². The quantitative estimate of drug-likeness (QED) is 0.856. The van der Waals surface area contributed by atoms with Crippen LogP contribution in [-0.4, -0.2) is 44.4 Å². The molecule has 24 heavy (non-hydrogen) atoms. The Bertz CT molecular complexity index is 866. The first-order valence-corrected chi connectivity index (χ1v) is 8.36. The van der Waals surface area contributed by atoms with Crippen LogP contribution in [0.4, 0.5) is 0 Å². The molecule has 2 aromatic heterocycles. The lowest BCUT2D eigenvalue weighted by Gasteiger charge is -2.31. The van der Waals surface area contributed by atoms with Gasteiger partial charge < -0.3 is 15.0 Å². The zero-order valence-electron chi connectivity index (χ0n) is 14.4. The molecule has 7 nitrogen and oxygen atoms in total. The first-order chi connectivity index (χ1) is 11.1. The molecular formula is C16H21N3O4S. The van der Waals surface area contributed by atoms with E-state index in [9.17, 15) is 19.5 Å². The molecule has 0 saturated carbocycles. The number of aryl methyl sites for hydroxylation is 3. The van der Waals surface area contributed by atoms with Gasteiger partial charge in [-0.1, -0.05) is 0 Å². The fourth-order valence-corrected chi connectivity index (χ4v) is 3.31. The van der Waals surface area contributed by atoms with Crippen molar-refractivity contribution in [3.05, 3.63) is 26.6 Å². The van der Waals surface area contributed by atoms with Crippen molar-refractivity contribution in [1.29, 1.82) is 0 Å². The predicted octanol–water partition coefficient (Wildman–Crippen LogP) is 1.86. The number of hydrogen-bond donors (Lipinski definition) is 2. The number of H-pyrrole nitrogens is 1. The van der Waals surface area contributed by atoms with E-state index in [1.54, 1.807) is 0 Å². The molecule has 0 aliphatic heterocycles. The second kappa shape index (κ2) is 6.35. The van der Waals surface area contributed by atoms with Crippen LogP contribution in [0.1, 0.15) is 36.5 Å². The van der Waals surface area contributed by atoms with Crippen LogP contribution in [0, 0.1) is 13.8 Å². The van der Waals surface area contributed by atoms with E-state index < -0.39 is 11.5 Å². The molecule has 8 heteroatoms. The summed E-state index contributed by atoms with van der Waals surface area (Å²) in [5.74, 6) is -0.955. The van der Waals surface area contributed by atoms with Crippen LogP contribution in [0.25, 0.3) is 10.2 Å². The fourth-order valence-electron chi connectivity index (χ4n) is 2.27. The average Bonchev–Trinajstić information content (AvgIpc) is 2.78. The predicted molar refractivity (Wildman–Crippen MR) is 92.5 cm³/mol. The third kappa shape index (κ3) is 3.19. The van der Waals surface area contributed by atoms with Gasteiger partial charge in [-0.25, -0.2) is 9.78 Å². The van der Waals surface area contributed by atoms with Gasteiger partial charge in [-0.05, 0) is 33.3 Å². The van der Waals surface area contributed by atoms with Crippen LogP contribution >= 0.6 is 11.3 Å². The Morgan fingerprint density at radius 3 is 2.54 bits per heavy atom. The molecule has 2 rings (SSSR count). The van der Waals surface area contributed by atoms with Gasteiger partial charge in [0.2, 0.25) is 5.91 Å². The van der Waals surface area contributed by atoms with Crippen LogP contribution in [0.15, 0.2) is 4.79 Å². The molecule has 130 valence electrons. The lowest BCUT2D eigenvalue weighted by atomic mass is 10.0. The largest absolute Gasteiger partial charge is 0.480 e. The van der Waals surface area contributed by atoms with E-state index in [-0.39, 0.29) is 24.3 Å². The van der Waals surface area contributed by atoms with Gasteiger partial charge in [0, 0.05) is 24.8 Å². The first kappa shape index (κ1) is 18.1. The summed E-state index contributed by atoms with van der Waals surface area (Å²) in [6.07, 6.45) is 0.324. The Morgan fingerprint density at radius 2 is 1.96 bits per heavy atom. The van der Waals surface area contributed by atoms with Gasteiger partial charge in [-0.15, -0.1) is 11.3 Å². The van der Waals surface area contributed by atoms with Crippen LogP contribution in [-0.2, 0) is 16.0 Å². The molecule has 0 fully saturated rings. The molecule has 2 aromatic rings. The summed E-state index contributed by atoms with van der Waals surface area (Å²) >= 11 is 1.45. The summed E-state index contributed by atoms with van der Waals surface area (Å²) < 4.78 is 0. The van der Waals surface area contributed by atoms with Crippen molar-refractivity contribution >= 4 is 33.4 Å². The van der Waals surface area contributed by atoms with Crippen molar-refractivity contribution in [2.24, 2.45) is 0 Å². The van der Waals surface area contributed by atoms with Crippen LogP contribution in [0.3, 0.4) is 0 Å². The number of nitrogens with zero attached hydrogens (tertiary/aromatic N) is 2. The van der Waals surface area contributed by atoms with E-state index in [4.69, 9.17) is 0 Å². The van der Waals surface area contributed by atoms with Gasteiger partial charge in [-0.3, -0.25) is 9.59 Å². The number of carboxylic acid groups (broad SMARTS) is 1. The Kier molecular flexibility index (Phi) is 4.80. The number of aliphatic carboxylic acids is 1. The SMILES string of the molecule is Cc1sc2nc(CCC(=O)N(C)C(C)(C)C(=O)O)[nH]c(=O)c2c1C. The van der Waals surface area contributed by atoms with E-state index in [0.29, 0.717) is 16.0 Å². The number of likely N-dealkylation sites (N-methyl/N-ethyl adjacent to an activating group) is 1. The van der Waals surface area contributed by atoms with E-state index in [2.05, 4.69) is 9.97 Å². The van der Waals surface area contributed by atoms with Gasteiger partial charge in [0.15, 0.2) is 0 Å². The Labute approximate surface area is 143 Å². The number of carbonyl (C=O) groups excluding carboxylic acids is 1. The second-order valence-corrected chi connectivity index (χ2v) is 7.50. The van der Waals surface area contributed by atoms with Crippen molar-refractivity contribution in [3.63, 3.8) is 0 Å². The molecule has 0 bridgehead atoms.